The molecule has 0 atom stereocenters. The van der Waals surface area contributed by atoms with Crippen LogP contribution in [0.4, 0.5) is 0 Å². The van der Waals surface area contributed by atoms with E-state index >= 15 is 0 Å². The Balaban J connectivity index is 1.94. The summed E-state index contributed by atoms with van der Waals surface area (Å²) in [6.07, 6.45) is 0. The summed E-state index contributed by atoms with van der Waals surface area (Å²) in [7, 11) is 0. The second-order valence-electron chi connectivity index (χ2n) is 3.92. The standard InChI is InChI=1S/C15H10ClNS/c16-14-10-18-15(17-14)13-8-6-12(7-9-13)11-4-2-1-3-5-11/h1-10H. The Hall–Kier alpha value is -1.64. The summed E-state index contributed by atoms with van der Waals surface area (Å²) in [4.78, 5) is 4.27. The zero-order chi connectivity index (χ0) is 12.4. The number of hydrogen-bond acceptors (Lipinski definition) is 2. The molecule has 0 bridgehead atoms. The Morgan fingerprint density at radius 2 is 1.39 bits per heavy atom. The first-order valence-electron chi connectivity index (χ1n) is 5.60. The molecule has 0 amide bonds. The predicted molar refractivity (Wildman–Crippen MR) is 78.0 cm³/mol. The van der Waals surface area contributed by atoms with Gasteiger partial charge in [-0.05, 0) is 11.1 Å². The first kappa shape index (κ1) is 11.5. The van der Waals surface area contributed by atoms with Crippen LogP contribution in [0.15, 0.2) is 60.0 Å². The van der Waals surface area contributed by atoms with Gasteiger partial charge in [0.05, 0.1) is 0 Å². The van der Waals surface area contributed by atoms with Gasteiger partial charge >= 0.3 is 0 Å². The highest BCUT2D eigenvalue weighted by atomic mass is 35.5. The summed E-state index contributed by atoms with van der Waals surface area (Å²) in [6, 6.07) is 18.7. The third-order valence-electron chi connectivity index (χ3n) is 2.72. The average Bonchev–Trinajstić information content (AvgIpc) is 2.87. The molecule has 0 aliphatic heterocycles. The molecule has 2 aromatic carbocycles. The van der Waals surface area contributed by atoms with Crippen molar-refractivity contribution >= 4 is 22.9 Å². The lowest BCUT2D eigenvalue weighted by atomic mass is 10.0. The van der Waals surface area contributed by atoms with Gasteiger partial charge in [-0.3, -0.25) is 0 Å². The van der Waals surface area contributed by atoms with Gasteiger partial charge in [0.2, 0.25) is 0 Å². The average molecular weight is 272 g/mol. The summed E-state index contributed by atoms with van der Waals surface area (Å²) in [5.74, 6) is 0. The molecule has 0 saturated carbocycles. The van der Waals surface area contributed by atoms with E-state index in [1.807, 2.05) is 23.6 Å². The van der Waals surface area contributed by atoms with Gasteiger partial charge in [-0.2, -0.15) is 0 Å². The van der Waals surface area contributed by atoms with Crippen LogP contribution >= 0.6 is 22.9 Å². The molecule has 0 saturated heterocycles. The van der Waals surface area contributed by atoms with Crippen LogP contribution in [0.3, 0.4) is 0 Å². The molecule has 88 valence electrons. The third kappa shape index (κ3) is 2.30. The van der Waals surface area contributed by atoms with Crippen molar-refractivity contribution in [3.63, 3.8) is 0 Å². The van der Waals surface area contributed by atoms with E-state index in [4.69, 9.17) is 11.6 Å². The highest BCUT2D eigenvalue weighted by Crippen LogP contribution is 2.28. The monoisotopic (exact) mass is 271 g/mol. The molecule has 1 heterocycles. The maximum atomic E-state index is 5.84. The third-order valence-corrected chi connectivity index (χ3v) is 3.93. The van der Waals surface area contributed by atoms with Gasteiger partial charge in [0, 0.05) is 10.9 Å². The fourth-order valence-electron chi connectivity index (χ4n) is 1.82. The van der Waals surface area contributed by atoms with Crippen molar-refractivity contribution in [3.8, 4) is 21.7 Å². The van der Waals surface area contributed by atoms with Crippen LogP contribution in [-0.2, 0) is 0 Å². The van der Waals surface area contributed by atoms with Crippen molar-refractivity contribution in [1.29, 1.82) is 0 Å². The van der Waals surface area contributed by atoms with E-state index in [-0.39, 0.29) is 0 Å². The first-order chi connectivity index (χ1) is 8.83. The molecule has 3 aromatic rings. The van der Waals surface area contributed by atoms with E-state index in [2.05, 4.69) is 41.4 Å². The van der Waals surface area contributed by atoms with E-state index in [1.165, 1.54) is 11.1 Å². The van der Waals surface area contributed by atoms with Crippen LogP contribution in [-0.4, -0.2) is 4.98 Å². The Bertz CT molecular complexity index is 644. The maximum absolute atomic E-state index is 5.84. The summed E-state index contributed by atoms with van der Waals surface area (Å²) in [6.45, 7) is 0. The smallest absolute Gasteiger partial charge is 0.140 e. The molecule has 0 spiro atoms. The molecule has 0 unspecified atom stereocenters. The highest BCUT2D eigenvalue weighted by molar-refractivity contribution is 7.13. The Morgan fingerprint density at radius 1 is 0.778 bits per heavy atom. The molecule has 1 nitrogen and oxygen atoms in total. The van der Waals surface area contributed by atoms with Crippen LogP contribution in [0.1, 0.15) is 0 Å². The summed E-state index contributed by atoms with van der Waals surface area (Å²) >= 11 is 7.40. The zero-order valence-corrected chi connectivity index (χ0v) is 11.1. The van der Waals surface area contributed by atoms with Crippen LogP contribution in [0.5, 0.6) is 0 Å². The first-order valence-corrected chi connectivity index (χ1v) is 6.85. The van der Waals surface area contributed by atoms with Crippen molar-refractivity contribution in [2.24, 2.45) is 0 Å². The highest BCUT2D eigenvalue weighted by Gasteiger charge is 2.03. The summed E-state index contributed by atoms with van der Waals surface area (Å²) in [5.41, 5.74) is 3.54. The number of hydrogen-bond donors (Lipinski definition) is 0. The second-order valence-corrected chi connectivity index (χ2v) is 5.16. The number of aromatic nitrogens is 1. The quantitative estimate of drug-likeness (QED) is 0.630. The van der Waals surface area contributed by atoms with Crippen LogP contribution in [0.2, 0.25) is 5.15 Å². The number of halogens is 1. The molecule has 0 fully saturated rings. The lowest BCUT2D eigenvalue weighted by Gasteiger charge is -2.02. The minimum atomic E-state index is 0.558. The lowest BCUT2D eigenvalue weighted by molar-refractivity contribution is 1.41. The Morgan fingerprint density at radius 3 is 2.00 bits per heavy atom. The normalized spacial score (nSPS) is 10.5. The number of thiazole rings is 1. The van der Waals surface area contributed by atoms with E-state index < -0.39 is 0 Å². The molecule has 3 rings (SSSR count). The lowest BCUT2D eigenvalue weighted by Crippen LogP contribution is -1.79. The molecule has 3 heteroatoms. The predicted octanol–water partition coefficient (Wildman–Crippen LogP) is 5.13. The largest absolute Gasteiger partial charge is 0.224 e. The molecule has 18 heavy (non-hydrogen) atoms. The second kappa shape index (κ2) is 4.92. The van der Waals surface area contributed by atoms with Crippen molar-refractivity contribution in [2.45, 2.75) is 0 Å². The zero-order valence-electron chi connectivity index (χ0n) is 9.51. The fraction of sp³-hybridized carbons (Fsp3) is 0. The van der Waals surface area contributed by atoms with Gasteiger partial charge in [0.15, 0.2) is 0 Å². The van der Waals surface area contributed by atoms with Crippen molar-refractivity contribution in [3.05, 3.63) is 65.1 Å². The molecule has 0 N–H and O–H groups in total. The van der Waals surface area contributed by atoms with E-state index in [0.717, 1.165) is 10.6 Å². The molecule has 0 aliphatic carbocycles. The summed E-state index contributed by atoms with van der Waals surface area (Å²) < 4.78 is 0. The topological polar surface area (TPSA) is 12.9 Å². The number of nitrogens with zero attached hydrogens (tertiary/aromatic N) is 1. The van der Waals surface area contributed by atoms with E-state index in [0.29, 0.717) is 5.15 Å². The van der Waals surface area contributed by atoms with Gasteiger partial charge in [-0.25, -0.2) is 4.98 Å². The molecule has 0 radical (unpaired) electrons. The molecular formula is C15H10ClNS. The van der Waals surface area contributed by atoms with E-state index in [1.54, 1.807) is 11.3 Å². The number of rotatable bonds is 2. The van der Waals surface area contributed by atoms with Gasteiger partial charge in [-0.15, -0.1) is 11.3 Å². The van der Waals surface area contributed by atoms with Gasteiger partial charge < -0.3 is 0 Å². The van der Waals surface area contributed by atoms with Crippen LogP contribution in [0.25, 0.3) is 21.7 Å². The minimum absolute atomic E-state index is 0.558. The van der Waals surface area contributed by atoms with Crippen molar-refractivity contribution in [2.75, 3.05) is 0 Å². The van der Waals surface area contributed by atoms with E-state index in [9.17, 15) is 0 Å². The van der Waals surface area contributed by atoms with Crippen LogP contribution < -0.4 is 0 Å². The maximum Gasteiger partial charge on any atom is 0.140 e. The summed E-state index contributed by atoms with van der Waals surface area (Å²) in [5, 5.41) is 3.36. The number of benzene rings is 2. The van der Waals surface area contributed by atoms with Crippen molar-refractivity contribution < 1.29 is 0 Å². The van der Waals surface area contributed by atoms with Gasteiger partial charge in [0.25, 0.3) is 0 Å². The Kier molecular flexibility index (Phi) is 3.13. The van der Waals surface area contributed by atoms with Crippen LogP contribution in [0, 0.1) is 0 Å². The van der Waals surface area contributed by atoms with Gasteiger partial charge in [0.1, 0.15) is 10.2 Å². The van der Waals surface area contributed by atoms with Gasteiger partial charge in [-0.1, -0.05) is 66.2 Å². The SMILES string of the molecule is Clc1csc(-c2ccc(-c3ccccc3)cc2)n1. The molecule has 1 aromatic heterocycles. The minimum Gasteiger partial charge on any atom is -0.224 e. The van der Waals surface area contributed by atoms with Crippen molar-refractivity contribution in [1.82, 2.24) is 4.98 Å². The molecule has 0 aliphatic rings. The molecular weight excluding hydrogens is 262 g/mol. The Labute approximate surface area is 115 Å². The fourth-order valence-corrected chi connectivity index (χ4v) is 2.78.